The van der Waals surface area contributed by atoms with Crippen LogP contribution < -0.4 is 5.56 Å². The van der Waals surface area contributed by atoms with Crippen LogP contribution >= 0.6 is 11.8 Å². The first-order chi connectivity index (χ1) is 11.4. The van der Waals surface area contributed by atoms with Crippen molar-refractivity contribution in [2.45, 2.75) is 23.8 Å². The maximum Gasteiger partial charge on any atom is 0.311 e. The smallest absolute Gasteiger partial charge is 0.311 e. The van der Waals surface area contributed by atoms with Crippen molar-refractivity contribution in [3.8, 4) is 0 Å². The van der Waals surface area contributed by atoms with Crippen molar-refractivity contribution >= 4 is 23.4 Å². The summed E-state index contributed by atoms with van der Waals surface area (Å²) in [6, 6.07) is 7.50. The highest BCUT2D eigenvalue weighted by molar-refractivity contribution is 7.99. The molecule has 24 heavy (non-hydrogen) atoms. The normalized spacial score (nSPS) is 11.8. The van der Waals surface area contributed by atoms with Gasteiger partial charge in [-0.05, 0) is 12.5 Å². The molecule has 0 bridgehead atoms. The van der Waals surface area contributed by atoms with E-state index in [1.165, 1.54) is 37.1 Å². The quantitative estimate of drug-likeness (QED) is 0.279. The van der Waals surface area contributed by atoms with E-state index in [1.807, 2.05) is 6.92 Å². The molecule has 0 saturated carbocycles. The van der Waals surface area contributed by atoms with Crippen molar-refractivity contribution in [1.82, 2.24) is 9.97 Å². The van der Waals surface area contributed by atoms with Gasteiger partial charge in [0.05, 0.1) is 24.1 Å². The van der Waals surface area contributed by atoms with Crippen LogP contribution in [0.15, 0.2) is 40.3 Å². The molecule has 0 radical (unpaired) electrons. The number of methoxy groups -OCH3 is 1. The minimum absolute atomic E-state index is 0.000782. The van der Waals surface area contributed by atoms with Gasteiger partial charge in [-0.25, -0.2) is 4.98 Å². The average Bonchev–Trinajstić information content (AvgIpc) is 2.54. The van der Waals surface area contributed by atoms with Crippen LogP contribution in [0, 0.1) is 10.1 Å². The molecule has 0 fully saturated rings. The summed E-state index contributed by atoms with van der Waals surface area (Å²) in [5.74, 6) is -0.490. The van der Waals surface area contributed by atoms with Crippen molar-refractivity contribution in [3.63, 3.8) is 0 Å². The maximum atomic E-state index is 11.7. The van der Waals surface area contributed by atoms with Gasteiger partial charge in [-0.2, -0.15) is 0 Å². The molecule has 1 N–H and O–H groups in total. The highest BCUT2D eigenvalue weighted by atomic mass is 32.2. The van der Waals surface area contributed by atoms with E-state index < -0.39 is 10.9 Å². The molecule has 126 valence electrons. The maximum absolute atomic E-state index is 11.7. The van der Waals surface area contributed by atoms with Gasteiger partial charge >= 0.3 is 5.97 Å². The molecule has 0 saturated heterocycles. The minimum atomic E-state index is -0.490. The first-order valence-electron chi connectivity index (χ1n) is 6.97. The number of hydrogen-bond donors (Lipinski definition) is 1. The lowest BCUT2D eigenvalue weighted by atomic mass is 10.1. The number of rotatable bonds is 6. The van der Waals surface area contributed by atoms with E-state index in [4.69, 9.17) is 0 Å². The molecule has 0 aliphatic carbocycles. The van der Waals surface area contributed by atoms with Gasteiger partial charge in [-0.3, -0.25) is 19.7 Å². The second-order valence-corrected chi connectivity index (χ2v) is 6.24. The van der Waals surface area contributed by atoms with Crippen LogP contribution in [-0.4, -0.2) is 28.0 Å². The SMILES string of the molecule is COC(=O)Cc1cc(=O)[nH]c(S[C@H](C)c2cccc([N+](=O)[O-])c2)n1. The Morgan fingerprint density at radius 1 is 1.46 bits per heavy atom. The minimum Gasteiger partial charge on any atom is -0.469 e. The van der Waals surface area contributed by atoms with E-state index in [9.17, 15) is 19.7 Å². The number of thioether (sulfide) groups is 1. The van der Waals surface area contributed by atoms with Gasteiger partial charge in [0.15, 0.2) is 5.16 Å². The predicted molar refractivity (Wildman–Crippen MR) is 87.9 cm³/mol. The van der Waals surface area contributed by atoms with Crippen LogP contribution in [0.1, 0.15) is 23.4 Å². The number of nitro groups is 1. The first kappa shape index (κ1) is 17.7. The van der Waals surface area contributed by atoms with Gasteiger partial charge < -0.3 is 9.72 Å². The molecule has 1 aromatic heterocycles. The number of carbonyl (C=O) groups is 1. The van der Waals surface area contributed by atoms with E-state index in [2.05, 4.69) is 14.7 Å². The zero-order chi connectivity index (χ0) is 17.7. The molecule has 0 aliphatic heterocycles. The fraction of sp³-hybridized carbons (Fsp3) is 0.267. The number of nitrogens with one attached hydrogen (secondary N) is 1. The third kappa shape index (κ3) is 4.66. The molecule has 2 rings (SSSR count). The zero-order valence-electron chi connectivity index (χ0n) is 13.0. The average molecular weight is 349 g/mol. The lowest BCUT2D eigenvalue weighted by Crippen LogP contribution is -2.14. The summed E-state index contributed by atoms with van der Waals surface area (Å²) in [7, 11) is 1.26. The molecule has 0 spiro atoms. The molecule has 1 aromatic carbocycles. The van der Waals surface area contributed by atoms with Crippen LogP contribution in [0.4, 0.5) is 5.69 Å². The second kappa shape index (κ2) is 7.73. The molecular formula is C15H15N3O5S. The Morgan fingerprint density at radius 3 is 2.88 bits per heavy atom. The lowest BCUT2D eigenvalue weighted by Gasteiger charge is -2.11. The summed E-state index contributed by atoms with van der Waals surface area (Å²) < 4.78 is 4.56. The molecule has 0 amide bonds. The predicted octanol–water partition coefficient (Wildman–Crippen LogP) is 2.25. The van der Waals surface area contributed by atoms with Crippen molar-refractivity contribution in [3.05, 3.63) is 62.1 Å². The number of nitro benzene ring substituents is 1. The van der Waals surface area contributed by atoms with E-state index in [-0.39, 0.29) is 22.9 Å². The summed E-state index contributed by atoms with van der Waals surface area (Å²) >= 11 is 1.24. The molecule has 9 heteroatoms. The standard InChI is InChI=1S/C15H15N3O5S/c1-9(10-4-3-5-12(6-10)18(21)22)24-15-16-11(7-13(19)17-15)8-14(20)23-2/h3-7,9H,8H2,1-2H3,(H,16,17,19)/t9-/m1/s1. The molecule has 1 atom stereocenters. The van der Waals surface area contributed by atoms with E-state index >= 15 is 0 Å². The monoisotopic (exact) mass is 349 g/mol. The molecule has 0 unspecified atom stereocenters. The van der Waals surface area contributed by atoms with Crippen LogP contribution in [0.5, 0.6) is 0 Å². The number of aromatic amines is 1. The summed E-state index contributed by atoms with van der Waals surface area (Å²) in [6.07, 6.45) is -0.0980. The molecule has 2 aromatic rings. The van der Waals surface area contributed by atoms with Crippen molar-refractivity contribution in [1.29, 1.82) is 0 Å². The van der Waals surface area contributed by atoms with E-state index in [0.29, 0.717) is 10.9 Å². The number of aromatic nitrogens is 2. The number of ether oxygens (including phenoxy) is 1. The molecule has 1 heterocycles. The van der Waals surface area contributed by atoms with Crippen LogP contribution in [0.3, 0.4) is 0 Å². The van der Waals surface area contributed by atoms with Gasteiger partial charge in [-0.15, -0.1) is 0 Å². The van der Waals surface area contributed by atoms with Crippen LogP contribution in [0.2, 0.25) is 0 Å². The number of H-pyrrole nitrogens is 1. The van der Waals surface area contributed by atoms with Gasteiger partial charge in [0.25, 0.3) is 11.2 Å². The molecular weight excluding hydrogens is 334 g/mol. The fourth-order valence-corrected chi connectivity index (χ4v) is 2.92. The number of non-ortho nitro benzene ring substituents is 1. The Morgan fingerprint density at radius 2 is 2.21 bits per heavy atom. The molecule has 0 aliphatic rings. The highest BCUT2D eigenvalue weighted by Gasteiger charge is 2.14. The topological polar surface area (TPSA) is 115 Å². The zero-order valence-corrected chi connectivity index (χ0v) is 13.8. The van der Waals surface area contributed by atoms with Crippen molar-refractivity contribution in [2.24, 2.45) is 0 Å². The highest BCUT2D eigenvalue weighted by Crippen LogP contribution is 2.33. The number of benzene rings is 1. The van der Waals surface area contributed by atoms with Gasteiger partial charge in [0, 0.05) is 23.4 Å². The fourth-order valence-electron chi connectivity index (χ4n) is 1.98. The van der Waals surface area contributed by atoms with E-state index in [0.717, 1.165) is 5.56 Å². The Balaban J connectivity index is 2.21. The number of carbonyl (C=O) groups excluding carboxylic acids is 1. The summed E-state index contributed by atoms with van der Waals surface area (Å²) in [5, 5.41) is 11.0. The second-order valence-electron chi connectivity index (χ2n) is 4.91. The van der Waals surface area contributed by atoms with Gasteiger partial charge in [-0.1, -0.05) is 23.9 Å². The Bertz CT molecular complexity index is 821. The summed E-state index contributed by atoms with van der Waals surface area (Å²) in [5.41, 5.74) is 0.660. The van der Waals surface area contributed by atoms with Gasteiger partial charge in [0.1, 0.15) is 0 Å². The Hall–Kier alpha value is -2.68. The van der Waals surface area contributed by atoms with Gasteiger partial charge in [0.2, 0.25) is 0 Å². The number of hydrogen-bond acceptors (Lipinski definition) is 7. The van der Waals surface area contributed by atoms with E-state index in [1.54, 1.807) is 12.1 Å². The van der Waals surface area contributed by atoms with Crippen molar-refractivity contribution < 1.29 is 14.5 Å². The van der Waals surface area contributed by atoms with Crippen LogP contribution in [0.25, 0.3) is 0 Å². The first-order valence-corrected chi connectivity index (χ1v) is 7.85. The van der Waals surface area contributed by atoms with Crippen LogP contribution in [-0.2, 0) is 16.0 Å². The Labute approximate surface area is 141 Å². The third-order valence-corrected chi connectivity index (χ3v) is 4.21. The molecule has 8 nitrogen and oxygen atoms in total. The van der Waals surface area contributed by atoms with Crippen molar-refractivity contribution in [2.75, 3.05) is 7.11 Å². The third-order valence-electron chi connectivity index (χ3n) is 3.16. The number of esters is 1. The summed E-state index contributed by atoms with van der Waals surface area (Å²) in [4.78, 5) is 40.2. The lowest BCUT2D eigenvalue weighted by molar-refractivity contribution is -0.384. The number of nitrogens with zero attached hydrogens (tertiary/aromatic N) is 2. The Kier molecular flexibility index (Phi) is 5.69. The summed E-state index contributed by atoms with van der Waals surface area (Å²) in [6.45, 7) is 1.84. The largest absolute Gasteiger partial charge is 0.469 e.